The molecule has 30 heavy (non-hydrogen) atoms. The Hall–Kier alpha value is -1.36. The molecule has 0 spiro atoms. The number of nitrogens with one attached hydrogen (secondary N) is 1. The molecule has 1 aromatic carbocycles. The van der Waals surface area contributed by atoms with Crippen LogP contribution in [0.25, 0.3) is 0 Å². The Bertz CT molecular complexity index is 459. The predicted octanol–water partition coefficient (Wildman–Crippen LogP) is 3.22. The third-order valence-electron chi connectivity index (χ3n) is 4.19. The van der Waals surface area contributed by atoms with Crippen molar-refractivity contribution in [3.8, 4) is 0 Å². The van der Waals surface area contributed by atoms with Crippen molar-refractivity contribution in [2.75, 3.05) is 7.05 Å². The molecule has 172 valence electrons. The van der Waals surface area contributed by atoms with Crippen molar-refractivity contribution in [2.24, 2.45) is 0 Å². The van der Waals surface area contributed by atoms with Gasteiger partial charge < -0.3 is 25.1 Å². The van der Waals surface area contributed by atoms with Gasteiger partial charge in [0.15, 0.2) is 0 Å². The van der Waals surface area contributed by atoms with Gasteiger partial charge in [-0.05, 0) is 38.3 Å². The minimum atomic E-state index is -0.920. The van der Waals surface area contributed by atoms with E-state index in [0.29, 0.717) is 0 Å². The first kappa shape index (κ1) is 33.3. The minimum absolute atomic E-state index is 0. The van der Waals surface area contributed by atoms with Gasteiger partial charge in [0.05, 0.1) is 0 Å². The van der Waals surface area contributed by atoms with E-state index in [2.05, 4.69) is 31.3 Å². The predicted molar refractivity (Wildman–Crippen MR) is 122 cm³/mol. The Labute approximate surface area is 194 Å². The van der Waals surface area contributed by atoms with E-state index < -0.39 is 11.9 Å². The van der Waals surface area contributed by atoms with Gasteiger partial charge in [0.25, 0.3) is 0 Å². The molecule has 0 aliphatic carbocycles. The van der Waals surface area contributed by atoms with E-state index in [1.807, 2.05) is 25.2 Å². The van der Waals surface area contributed by atoms with Crippen LogP contribution in [0.1, 0.15) is 96.5 Å². The topological polar surface area (TPSA) is 92.3 Å². The van der Waals surface area contributed by atoms with E-state index in [0.717, 1.165) is 45.1 Å². The standard InChI is InChI=1S/C8H11N.2C8H16O2.Se/c1-9-7-8-5-3-2-4-6-8;2*1-2-3-4-5-6-7-8(9)10;/h2-6,9H,7H2,1H3;2*2-7H2,1H3,(H,9,10);/q;;;+2/p-2. The van der Waals surface area contributed by atoms with Crippen LogP contribution in [-0.2, 0) is 16.1 Å². The largest absolute Gasteiger partial charge is 2.00 e. The first-order valence-electron chi connectivity index (χ1n) is 11.1. The molecule has 4 radical (unpaired) electrons. The fourth-order valence-corrected chi connectivity index (χ4v) is 2.55. The van der Waals surface area contributed by atoms with Gasteiger partial charge in [-0.3, -0.25) is 0 Å². The number of carbonyl (C=O) groups excluding carboxylic acids is 2. The molecule has 1 N–H and O–H groups in total. The third-order valence-corrected chi connectivity index (χ3v) is 4.19. The summed E-state index contributed by atoms with van der Waals surface area (Å²) in [5, 5.41) is 22.9. The molecule has 0 aliphatic heterocycles. The van der Waals surface area contributed by atoms with Crippen LogP contribution >= 0.6 is 0 Å². The number of carboxylic acids is 2. The van der Waals surface area contributed by atoms with Gasteiger partial charge in [-0.15, -0.1) is 0 Å². The number of carbonyl (C=O) groups is 2. The number of benzene rings is 1. The Morgan fingerprint density at radius 3 is 1.47 bits per heavy atom. The maximum absolute atomic E-state index is 9.92. The monoisotopic (exact) mass is 487 g/mol. The molecule has 5 nitrogen and oxygen atoms in total. The van der Waals surface area contributed by atoms with E-state index in [9.17, 15) is 19.8 Å². The van der Waals surface area contributed by atoms with E-state index in [-0.39, 0.29) is 29.9 Å². The summed E-state index contributed by atoms with van der Waals surface area (Å²) < 4.78 is 0. The van der Waals surface area contributed by atoms with Gasteiger partial charge in [-0.25, -0.2) is 0 Å². The second-order valence-corrected chi connectivity index (χ2v) is 7.09. The zero-order chi connectivity index (χ0) is 22.2. The maximum atomic E-state index is 9.92. The number of carboxylic acid groups (broad SMARTS) is 2. The Kier molecular flexibility index (Phi) is 30.7. The number of hydrogen-bond acceptors (Lipinski definition) is 5. The number of aliphatic carboxylic acids is 2. The molecule has 0 unspecified atom stereocenters. The van der Waals surface area contributed by atoms with Crippen LogP contribution in [0.4, 0.5) is 0 Å². The van der Waals surface area contributed by atoms with Crippen molar-refractivity contribution in [3.05, 3.63) is 35.9 Å². The fourth-order valence-electron chi connectivity index (χ4n) is 2.55. The van der Waals surface area contributed by atoms with Crippen LogP contribution in [0.15, 0.2) is 30.3 Å². The SMILES string of the molecule is CCCCCCCC(=O)[O-].CCCCCCCC(=O)[O-].CNCc1ccccc1.[Se+2]. The molecule has 0 amide bonds. The van der Waals surface area contributed by atoms with E-state index in [1.165, 1.54) is 31.2 Å². The van der Waals surface area contributed by atoms with Crippen LogP contribution in [0, 0.1) is 0 Å². The van der Waals surface area contributed by atoms with Crippen molar-refractivity contribution in [1.29, 1.82) is 0 Å². The van der Waals surface area contributed by atoms with Gasteiger partial charge in [-0.2, -0.15) is 0 Å². The second kappa shape index (κ2) is 27.6. The first-order valence-corrected chi connectivity index (χ1v) is 11.1. The average molecular weight is 487 g/mol. The molecule has 0 bridgehead atoms. The molecule has 0 atom stereocenters. The summed E-state index contributed by atoms with van der Waals surface area (Å²) in [5.41, 5.74) is 1.33. The third kappa shape index (κ3) is 31.3. The van der Waals surface area contributed by atoms with Crippen molar-refractivity contribution in [3.63, 3.8) is 0 Å². The molecule has 0 fully saturated rings. The van der Waals surface area contributed by atoms with Gasteiger partial charge in [-0.1, -0.05) is 95.5 Å². The summed E-state index contributed by atoms with van der Waals surface area (Å²) in [6.45, 7) is 5.23. The molecule has 0 aromatic heterocycles. The zero-order valence-electron chi connectivity index (χ0n) is 19.1. The summed E-state index contributed by atoms with van der Waals surface area (Å²) >= 11 is 0. The molecule has 6 heteroatoms. The normalized spacial score (nSPS) is 9.30. The first-order chi connectivity index (χ1) is 14.0. The van der Waals surface area contributed by atoms with Crippen molar-refractivity contribution in [2.45, 2.75) is 97.4 Å². The number of rotatable bonds is 14. The summed E-state index contributed by atoms with van der Waals surface area (Å²) in [4.78, 5) is 19.8. The second-order valence-electron chi connectivity index (χ2n) is 7.09. The van der Waals surface area contributed by atoms with Crippen LogP contribution in [0.3, 0.4) is 0 Å². The average Bonchev–Trinajstić information content (AvgIpc) is 2.69. The van der Waals surface area contributed by atoms with E-state index in [1.54, 1.807) is 0 Å². The van der Waals surface area contributed by atoms with E-state index in [4.69, 9.17) is 0 Å². The van der Waals surface area contributed by atoms with Crippen molar-refractivity contribution < 1.29 is 19.8 Å². The van der Waals surface area contributed by atoms with Gasteiger partial charge in [0.1, 0.15) is 0 Å². The van der Waals surface area contributed by atoms with Gasteiger partial charge in [0, 0.05) is 18.5 Å². The van der Waals surface area contributed by atoms with Crippen LogP contribution in [-0.4, -0.2) is 36.1 Å². The number of hydrogen-bond donors (Lipinski definition) is 1. The quantitative estimate of drug-likeness (QED) is 0.322. The summed E-state index contributed by atoms with van der Waals surface area (Å²) in [6, 6.07) is 10.3. The Morgan fingerprint density at radius 1 is 0.733 bits per heavy atom. The zero-order valence-corrected chi connectivity index (χ0v) is 20.8. The van der Waals surface area contributed by atoms with Crippen molar-refractivity contribution in [1.82, 2.24) is 5.32 Å². The molecular weight excluding hydrogens is 445 g/mol. The minimum Gasteiger partial charge on any atom is -0.550 e. The molecule has 0 saturated heterocycles. The molecule has 0 heterocycles. The van der Waals surface area contributed by atoms with E-state index >= 15 is 0 Å². The number of unbranched alkanes of at least 4 members (excludes halogenated alkanes) is 8. The van der Waals surface area contributed by atoms with Gasteiger partial charge >= 0.3 is 17.1 Å². The molecule has 0 aliphatic rings. The van der Waals surface area contributed by atoms with Gasteiger partial charge in [0.2, 0.25) is 0 Å². The van der Waals surface area contributed by atoms with Crippen LogP contribution in [0.2, 0.25) is 0 Å². The summed E-state index contributed by atoms with van der Waals surface area (Å²) in [6.07, 6.45) is 11.2. The fraction of sp³-hybridized carbons (Fsp3) is 0.667. The molecule has 0 saturated carbocycles. The van der Waals surface area contributed by atoms with Crippen LogP contribution < -0.4 is 15.5 Å². The summed E-state index contributed by atoms with van der Waals surface area (Å²) in [7, 11) is 1.95. The Balaban J connectivity index is -0.000000359. The Morgan fingerprint density at radius 2 is 1.13 bits per heavy atom. The maximum Gasteiger partial charge on any atom is 2.00 e. The van der Waals surface area contributed by atoms with Crippen LogP contribution in [0.5, 0.6) is 0 Å². The molecular formula is C24H41NO4Se. The smallest absolute Gasteiger partial charge is 0.550 e. The molecule has 1 rings (SSSR count). The summed E-state index contributed by atoms with van der Waals surface area (Å²) in [5.74, 6) is -1.84. The van der Waals surface area contributed by atoms with Crippen molar-refractivity contribution >= 4 is 29.0 Å². The molecule has 1 aromatic rings.